The Morgan fingerprint density at radius 1 is 1.06 bits per heavy atom. The molecule has 3 aromatic heterocycles. The number of hydrogen-bond donors (Lipinski definition) is 3. The standard InChI is InChI=1S/C36H32F7N7O2/c1-4-49-30-24(6-5-7-25(30)33(44)48-49)23-9-8-22(10-12-34(2,3)52)45-29(23)27(16-19-14-20(37)17-21(38)15-19)46-28(51)18-50-32-26(11-13-35(32,39)40)31(47-50)36(41,42)43/h5-9,14-15,17,27,52H,4,11,13,16,18H2,1-3H3,(H2,44,48)(H,46,51). The van der Waals surface area contributed by atoms with Crippen LogP contribution in [0.25, 0.3) is 22.0 Å². The Labute approximate surface area is 292 Å². The number of para-hydroxylation sites is 1. The third kappa shape index (κ3) is 7.31. The van der Waals surface area contributed by atoms with E-state index in [2.05, 4.69) is 27.4 Å². The largest absolute Gasteiger partial charge is 0.435 e. The van der Waals surface area contributed by atoms with Crippen molar-refractivity contribution in [2.24, 2.45) is 0 Å². The number of amides is 1. The number of benzene rings is 2. The zero-order valence-electron chi connectivity index (χ0n) is 28.0. The molecule has 1 aliphatic rings. The van der Waals surface area contributed by atoms with Crippen LogP contribution in [-0.4, -0.2) is 41.2 Å². The zero-order chi connectivity index (χ0) is 37.7. The number of rotatable bonds is 8. The van der Waals surface area contributed by atoms with Crippen LogP contribution in [0.5, 0.6) is 0 Å². The van der Waals surface area contributed by atoms with Crippen LogP contribution >= 0.6 is 0 Å². The molecule has 1 amide bonds. The van der Waals surface area contributed by atoms with Gasteiger partial charge < -0.3 is 16.2 Å². The lowest BCUT2D eigenvalue weighted by molar-refractivity contribution is -0.142. The number of carbonyl (C=O) groups excluding carboxylic acids is 1. The zero-order valence-corrected chi connectivity index (χ0v) is 28.0. The molecule has 9 nitrogen and oxygen atoms in total. The van der Waals surface area contributed by atoms with Crippen molar-refractivity contribution in [1.82, 2.24) is 29.9 Å². The van der Waals surface area contributed by atoms with Gasteiger partial charge in [0.25, 0.3) is 5.92 Å². The number of anilines is 1. The van der Waals surface area contributed by atoms with E-state index in [0.717, 1.165) is 12.1 Å². The van der Waals surface area contributed by atoms with E-state index in [1.807, 2.05) is 6.92 Å². The van der Waals surface area contributed by atoms with Crippen LogP contribution in [0.15, 0.2) is 48.5 Å². The van der Waals surface area contributed by atoms with Crippen LogP contribution in [0.2, 0.25) is 0 Å². The Hall–Kier alpha value is -5.43. The maximum atomic E-state index is 14.9. The van der Waals surface area contributed by atoms with Crippen molar-refractivity contribution in [3.05, 3.63) is 94.1 Å². The van der Waals surface area contributed by atoms with E-state index >= 15 is 0 Å². The molecule has 16 heteroatoms. The molecule has 0 fully saturated rings. The van der Waals surface area contributed by atoms with Crippen molar-refractivity contribution < 1.29 is 40.6 Å². The van der Waals surface area contributed by atoms with Gasteiger partial charge in [0.05, 0.1) is 17.3 Å². The molecule has 52 heavy (non-hydrogen) atoms. The van der Waals surface area contributed by atoms with E-state index in [0.29, 0.717) is 39.3 Å². The minimum absolute atomic E-state index is 0.0652. The molecule has 0 bridgehead atoms. The van der Waals surface area contributed by atoms with E-state index < -0.39 is 77.6 Å². The topological polar surface area (TPSA) is 124 Å². The van der Waals surface area contributed by atoms with Crippen LogP contribution in [0.4, 0.5) is 36.6 Å². The number of hydrogen-bond acceptors (Lipinski definition) is 6. The molecular formula is C36H32F7N7O2. The first kappa shape index (κ1) is 36.4. The maximum absolute atomic E-state index is 14.9. The quantitative estimate of drug-likeness (QED) is 0.125. The number of carbonyl (C=O) groups is 1. The maximum Gasteiger partial charge on any atom is 0.435 e. The number of nitrogen functional groups attached to an aromatic ring is 1. The summed E-state index contributed by atoms with van der Waals surface area (Å²) in [5.41, 5.74) is 3.42. The van der Waals surface area contributed by atoms with Crippen molar-refractivity contribution in [3.8, 4) is 23.0 Å². The molecule has 1 atom stereocenters. The minimum Gasteiger partial charge on any atom is -0.382 e. The monoisotopic (exact) mass is 727 g/mol. The van der Waals surface area contributed by atoms with Gasteiger partial charge in [0.15, 0.2) is 11.5 Å². The molecule has 0 aliphatic heterocycles. The van der Waals surface area contributed by atoms with Gasteiger partial charge in [-0.05, 0) is 75.4 Å². The highest BCUT2D eigenvalue weighted by atomic mass is 19.4. The van der Waals surface area contributed by atoms with E-state index in [9.17, 15) is 40.6 Å². The predicted molar refractivity (Wildman–Crippen MR) is 177 cm³/mol. The average molecular weight is 728 g/mol. The van der Waals surface area contributed by atoms with Crippen molar-refractivity contribution in [2.45, 2.75) is 76.9 Å². The number of pyridine rings is 1. The fourth-order valence-electron chi connectivity index (χ4n) is 6.41. The number of halogens is 7. The summed E-state index contributed by atoms with van der Waals surface area (Å²) in [4.78, 5) is 18.4. The van der Waals surface area contributed by atoms with Crippen LogP contribution in [0.3, 0.4) is 0 Å². The molecule has 0 spiro atoms. The summed E-state index contributed by atoms with van der Waals surface area (Å²) in [6.07, 6.45) is -6.82. The first-order chi connectivity index (χ1) is 24.3. The molecule has 0 saturated heterocycles. The lowest BCUT2D eigenvalue weighted by Gasteiger charge is -2.23. The fourth-order valence-corrected chi connectivity index (χ4v) is 6.41. The normalized spacial score (nSPS) is 14.6. The highest BCUT2D eigenvalue weighted by Gasteiger charge is 2.50. The molecule has 0 saturated carbocycles. The molecular weight excluding hydrogens is 695 g/mol. The molecule has 4 N–H and O–H groups in total. The van der Waals surface area contributed by atoms with Gasteiger partial charge in [0.1, 0.15) is 35.2 Å². The summed E-state index contributed by atoms with van der Waals surface area (Å²) in [5, 5.41) is 21.3. The predicted octanol–water partition coefficient (Wildman–Crippen LogP) is 6.45. The lowest BCUT2D eigenvalue weighted by Crippen LogP contribution is -2.35. The number of nitrogens with one attached hydrogen (secondary N) is 1. The summed E-state index contributed by atoms with van der Waals surface area (Å²) in [7, 11) is 0. The average Bonchev–Trinajstić information content (AvgIpc) is 3.69. The van der Waals surface area contributed by atoms with E-state index in [-0.39, 0.29) is 29.2 Å². The molecule has 1 aliphatic carbocycles. The summed E-state index contributed by atoms with van der Waals surface area (Å²) in [5.74, 6) is -0.887. The molecule has 2 aromatic carbocycles. The Balaban J connectivity index is 1.51. The summed E-state index contributed by atoms with van der Waals surface area (Å²) < 4.78 is 102. The number of aliphatic hydroxyl groups is 1. The first-order valence-corrected chi connectivity index (χ1v) is 16.2. The van der Waals surface area contributed by atoms with E-state index in [4.69, 9.17) is 10.7 Å². The van der Waals surface area contributed by atoms with Crippen molar-refractivity contribution in [2.75, 3.05) is 5.73 Å². The molecule has 0 radical (unpaired) electrons. The summed E-state index contributed by atoms with van der Waals surface area (Å²) >= 11 is 0. The molecule has 6 rings (SSSR count). The summed E-state index contributed by atoms with van der Waals surface area (Å²) in [6, 6.07) is 9.85. The number of aromatic nitrogens is 5. The first-order valence-electron chi connectivity index (χ1n) is 16.2. The Kier molecular flexibility index (Phi) is 9.29. The molecule has 272 valence electrons. The van der Waals surface area contributed by atoms with Gasteiger partial charge in [-0.1, -0.05) is 18.1 Å². The number of fused-ring (bicyclic) bond motifs is 2. The van der Waals surface area contributed by atoms with Crippen molar-refractivity contribution >= 4 is 22.6 Å². The Morgan fingerprint density at radius 3 is 2.42 bits per heavy atom. The number of aryl methyl sites for hydroxylation is 1. The van der Waals surface area contributed by atoms with Crippen LogP contribution in [-0.2, 0) is 42.8 Å². The molecule has 3 heterocycles. The smallest absolute Gasteiger partial charge is 0.382 e. The third-order valence-electron chi connectivity index (χ3n) is 8.48. The van der Waals surface area contributed by atoms with Gasteiger partial charge in [0, 0.05) is 41.1 Å². The van der Waals surface area contributed by atoms with Gasteiger partial charge >= 0.3 is 6.18 Å². The van der Waals surface area contributed by atoms with Gasteiger partial charge in [-0.15, -0.1) is 0 Å². The summed E-state index contributed by atoms with van der Waals surface area (Å²) in [6.45, 7) is 4.12. The second kappa shape index (κ2) is 13.3. The number of alkyl halides is 5. The second-order valence-corrected chi connectivity index (χ2v) is 13.0. The Bertz CT molecular complexity index is 2240. The number of nitrogens with zero attached hydrogens (tertiary/aromatic N) is 5. The van der Waals surface area contributed by atoms with Gasteiger partial charge in [-0.2, -0.15) is 32.1 Å². The highest BCUT2D eigenvalue weighted by molar-refractivity contribution is 6.00. The van der Waals surface area contributed by atoms with Crippen molar-refractivity contribution in [1.29, 1.82) is 0 Å². The van der Waals surface area contributed by atoms with E-state index in [1.165, 1.54) is 13.8 Å². The van der Waals surface area contributed by atoms with Crippen LogP contribution in [0.1, 0.15) is 67.1 Å². The minimum atomic E-state index is -5.05. The van der Waals surface area contributed by atoms with Crippen molar-refractivity contribution in [3.63, 3.8) is 0 Å². The van der Waals surface area contributed by atoms with Crippen LogP contribution in [0, 0.1) is 23.5 Å². The molecule has 5 aromatic rings. The van der Waals surface area contributed by atoms with E-state index in [1.54, 1.807) is 35.0 Å². The number of nitrogens with two attached hydrogens (primary N) is 1. The molecule has 1 unspecified atom stereocenters. The second-order valence-electron chi connectivity index (χ2n) is 13.0. The SMILES string of the molecule is CCn1nc(N)c2cccc(-c3ccc(C#CC(C)(C)O)nc3C(Cc3cc(F)cc(F)c3)NC(=O)Cn3nc(C(F)(F)F)c4c3C(F)(F)CC4)c21. The third-order valence-corrected chi connectivity index (χ3v) is 8.48. The fraction of sp³-hybridized carbons (Fsp3) is 0.333. The lowest BCUT2D eigenvalue weighted by atomic mass is 9.93. The van der Waals surface area contributed by atoms with Gasteiger partial charge in [-0.25, -0.2) is 13.8 Å². The van der Waals surface area contributed by atoms with Gasteiger partial charge in [-0.3, -0.25) is 14.2 Å². The Morgan fingerprint density at radius 2 is 1.77 bits per heavy atom. The van der Waals surface area contributed by atoms with Crippen LogP contribution < -0.4 is 11.1 Å². The highest BCUT2D eigenvalue weighted by Crippen LogP contribution is 2.46. The van der Waals surface area contributed by atoms with Gasteiger partial charge in [0.2, 0.25) is 5.91 Å².